The maximum atomic E-state index is 5.73. The molecule has 0 radical (unpaired) electrons. The molecule has 0 saturated heterocycles. The lowest BCUT2D eigenvalue weighted by molar-refractivity contribution is 0.418. The highest BCUT2D eigenvalue weighted by Gasteiger charge is 2.14. The van der Waals surface area contributed by atoms with Gasteiger partial charge in [-0.1, -0.05) is 45.4 Å². The average Bonchev–Trinajstić information content (AvgIpc) is 2.28. The van der Waals surface area contributed by atoms with E-state index in [2.05, 4.69) is 45.9 Å². The van der Waals surface area contributed by atoms with Gasteiger partial charge in [-0.25, -0.2) is 0 Å². The van der Waals surface area contributed by atoms with Crippen molar-refractivity contribution in [3.63, 3.8) is 0 Å². The molecule has 0 aliphatic rings. The summed E-state index contributed by atoms with van der Waals surface area (Å²) >= 11 is 0. The van der Waals surface area contributed by atoms with Gasteiger partial charge in [0.05, 0.1) is 0 Å². The molecule has 1 heteroatoms. The van der Waals surface area contributed by atoms with Gasteiger partial charge >= 0.3 is 0 Å². The van der Waals surface area contributed by atoms with E-state index >= 15 is 0 Å². The van der Waals surface area contributed by atoms with Crippen LogP contribution in [-0.2, 0) is 0 Å². The highest BCUT2D eigenvalue weighted by molar-refractivity contribution is 5.21. The van der Waals surface area contributed by atoms with Crippen LogP contribution in [-0.4, -0.2) is 6.54 Å². The quantitative estimate of drug-likeness (QED) is 0.610. The molecule has 2 unspecified atom stereocenters. The molecule has 0 aliphatic heterocycles. The van der Waals surface area contributed by atoms with Crippen molar-refractivity contribution in [2.45, 2.75) is 53.4 Å². The monoisotopic (exact) mass is 223 g/mol. The van der Waals surface area contributed by atoms with Crippen LogP contribution in [0.2, 0.25) is 0 Å². The highest BCUT2D eigenvalue weighted by atomic mass is 14.5. The molecule has 0 heterocycles. The maximum Gasteiger partial charge on any atom is -0.00513 e. The standard InChI is InChI=1S/C15H29N/c1-5-8-14(9-6-2)15(10-7-3)11-13(4)12-16/h5,8-9,13,15H,6-7,10-12,16H2,1-4H3/b8-5-,14-9+. The Morgan fingerprint density at radius 2 is 2.00 bits per heavy atom. The second-order valence-electron chi connectivity index (χ2n) is 4.67. The Morgan fingerprint density at radius 1 is 1.31 bits per heavy atom. The fraction of sp³-hybridized carbons (Fsp3) is 0.733. The number of allylic oxidation sites excluding steroid dienone is 4. The predicted octanol–water partition coefficient (Wildman–Crippen LogP) is 4.30. The molecule has 0 aromatic heterocycles. The number of rotatable bonds is 8. The number of hydrogen-bond donors (Lipinski definition) is 1. The Morgan fingerprint density at radius 3 is 2.44 bits per heavy atom. The van der Waals surface area contributed by atoms with Crippen molar-refractivity contribution < 1.29 is 0 Å². The van der Waals surface area contributed by atoms with Gasteiger partial charge in [-0.15, -0.1) is 0 Å². The van der Waals surface area contributed by atoms with Crippen LogP contribution in [0.5, 0.6) is 0 Å². The lowest BCUT2D eigenvalue weighted by Gasteiger charge is -2.21. The third-order valence-electron chi connectivity index (χ3n) is 3.00. The summed E-state index contributed by atoms with van der Waals surface area (Å²) in [6.45, 7) is 9.62. The minimum atomic E-state index is 0.627. The Hall–Kier alpha value is -0.560. The summed E-state index contributed by atoms with van der Waals surface area (Å²) in [4.78, 5) is 0. The average molecular weight is 223 g/mol. The van der Waals surface area contributed by atoms with Gasteiger partial charge in [0, 0.05) is 0 Å². The predicted molar refractivity (Wildman–Crippen MR) is 74.4 cm³/mol. The Balaban J connectivity index is 4.63. The molecule has 0 aromatic rings. The summed E-state index contributed by atoms with van der Waals surface area (Å²) in [7, 11) is 0. The first-order chi connectivity index (χ1) is 7.69. The molecule has 2 atom stereocenters. The van der Waals surface area contributed by atoms with Crippen LogP contribution in [0.1, 0.15) is 53.4 Å². The van der Waals surface area contributed by atoms with Crippen molar-refractivity contribution in [3.8, 4) is 0 Å². The van der Waals surface area contributed by atoms with Crippen molar-refractivity contribution in [1.82, 2.24) is 0 Å². The second-order valence-corrected chi connectivity index (χ2v) is 4.67. The van der Waals surface area contributed by atoms with Gasteiger partial charge in [-0.05, 0) is 50.1 Å². The summed E-state index contributed by atoms with van der Waals surface area (Å²) in [5.74, 6) is 1.32. The second kappa shape index (κ2) is 9.65. The van der Waals surface area contributed by atoms with E-state index in [4.69, 9.17) is 5.73 Å². The number of nitrogens with two attached hydrogens (primary N) is 1. The van der Waals surface area contributed by atoms with Crippen LogP contribution >= 0.6 is 0 Å². The van der Waals surface area contributed by atoms with Gasteiger partial charge in [0.2, 0.25) is 0 Å². The zero-order chi connectivity index (χ0) is 12.4. The van der Waals surface area contributed by atoms with Crippen LogP contribution in [0.3, 0.4) is 0 Å². The number of hydrogen-bond acceptors (Lipinski definition) is 1. The summed E-state index contributed by atoms with van der Waals surface area (Å²) in [5, 5.41) is 0. The van der Waals surface area contributed by atoms with Crippen molar-refractivity contribution in [3.05, 3.63) is 23.8 Å². The summed E-state index contributed by atoms with van der Waals surface area (Å²) in [5.41, 5.74) is 7.23. The van der Waals surface area contributed by atoms with E-state index in [1.807, 2.05) is 0 Å². The fourth-order valence-electron chi connectivity index (χ4n) is 2.15. The topological polar surface area (TPSA) is 26.0 Å². The van der Waals surface area contributed by atoms with Crippen molar-refractivity contribution in [1.29, 1.82) is 0 Å². The molecule has 0 fully saturated rings. The molecule has 1 nitrogen and oxygen atoms in total. The van der Waals surface area contributed by atoms with Crippen LogP contribution < -0.4 is 5.73 Å². The molecule has 16 heavy (non-hydrogen) atoms. The normalized spacial score (nSPS) is 16.7. The van der Waals surface area contributed by atoms with Crippen LogP contribution in [0.15, 0.2) is 23.8 Å². The van der Waals surface area contributed by atoms with Gasteiger partial charge in [-0.3, -0.25) is 0 Å². The first kappa shape index (κ1) is 15.4. The highest BCUT2D eigenvalue weighted by Crippen LogP contribution is 2.26. The van der Waals surface area contributed by atoms with E-state index in [0.29, 0.717) is 11.8 Å². The summed E-state index contributed by atoms with van der Waals surface area (Å²) in [6, 6.07) is 0. The third kappa shape index (κ3) is 6.12. The molecule has 0 amide bonds. The van der Waals surface area contributed by atoms with E-state index < -0.39 is 0 Å². The lowest BCUT2D eigenvalue weighted by Crippen LogP contribution is -2.16. The molecular formula is C15H29N. The summed E-state index contributed by atoms with van der Waals surface area (Å²) in [6.07, 6.45) is 11.7. The van der Waals surface area contributed by atoms with E-state index in [1.54, 1.807) is 0 Å². The van der Waals surface area contributed by atoms with E-state index in [1.165, 1.54) is 24.8 Å². The maximum absolute atomic E-state index is 5.73. The van der Waals surface area contributed by atoms with Gasteiger partial charge in [0.15, 0.2) is 0 Å². The zero-order valence-corrected chi connectivity index (χ0v) is 11.5. The Kier molecular flexibility index (Phi) is 9.31. The minimum absolute atomic E-state index is 0.627. The van der Waals surface area contributed by atoms with E-state index in [9.17, 15) is 0 Å². The van der Waals surface area contributed by atoms with Gasteiger partial charge in [-0.2, -0.15) is 0 Å². The van der Waals surface area contributed by atoms with Crippen molar-refractivity contribution in [2.24, 2.45) is 17.6 Å². The van der Waals surface area contributed by atoms with Crippen LogP contribution in [0.4, 0.5) is 0 Å². The SMILES string of the molecule is C/C=C\C(=C/CC)C(CCC)CC(C)CN. The van der Waals surface area contributed by atoms with Crippen molar-refractivity contribution in [2.75, 3.05) is 6.54 Å². The Bertz CT molecular complexity index is 215. The van der Waals surface area contributed by atoms with Gasteiger partial charge in [0.1, 0.15) is 0 Å². The zero-order valence-electron chi connectivity index (χ0n) is 11.5. The molecule has 0 aromatic carbocycles. The molecule has 0 saturated carbocycles. The van der Waals surface area contributed by atoms with E-state index in [0.717, 1.165) is 13.0 Å². The van der Waals surface area contributed by atoms with Crippen molar-refractivity contribution >= 4 is 0 Å². The first-order valence-electron chi connectivity index (χ1n) is 6.72. The third-order valence-corrected chi connectivity index (χ3v) is 3.00. The van der Waals surface area contributed by atoms with Gasteiger partial charge in [0.25, 0.3) is 0 Å². The molecule has 0 aliphatic carbocycles. The first-order valence-corrected chi connectivity index (χ1v) is 6.72. The molecule has 0 rings (SSSR count). The smallest absolute Gasteiger partial charge is 0.00513 e. The van der Waals surface area contributed by atoms with Gasteiger partial charge < -0.3 is 5.73 Å². The molecule has 94 valence electrons. The molecule has 0 spiro atoms. The molecular weight excluding hydrogens is 194 g/mol. The minimum Gasteiger partial charge on any atom is -0.330 e. The lowest BCUT2D eigenvalue weighted by atomic mass is 9.85. The molecule has 2 N–H and O–H groups in total. The Labute approximate surface area is 102 Å². The van der Waals surface area contributed by atoms with E-state index in [-0.39, 0.29) is 0 Å². The largest absolute Gasteiger partial charge is 0.330 e. The van der Waals surface area contributed by atoms with Crippen LogP contribution in [0.25, 0.3) is 0 Å². The van der Waals surface area contributed by atoms with Crippen LogP contribution in [0, 0.1) is 11.8 Å². The molecule has 0 bridgehead atoms. The fourth-order valence-corrected chi connectivity index (χ4v) is 2.15. The summed E-state index contributed by atoms with van der Waals surface area (Å²) < 4.78 is 0.